The minimum atomic E-state index is -1.31. The maximum absolute atomic E-state index is 15.0. The van der Waals surface area contributed by atoms with Gasteiger partial charge in [0.2, 0.25) is 5.95 Å². The lowest BCUT2D eigenvalue weighted by Crippen LogP contribution is -2.35. The third kappa shape index (κ3) is 6.14. The van der Waals surface area contributed by atoms with Crippen molar-refractivity contribution in [2.75, 3.05) is 26.3 Å². The van der Waals surface area contributed by atoms with Crippen LogP contribution in [0.5, 0.6) is 11.5 Å². The molecule has 0 bridgehead atoms. The summed E-state index contributed by atoms with van der Waals surface area (Å²) >= 11 is 5.96. The van der Waals surface area contributed by atoms with Gasteiger partial charge in [0.15, 0.2) is 11.5 Å². The van der Waals surface area contributed by atoms with Crippen molar-refractivity contribution in [2.45, 2.75) is 64.0 Å². The largest absolute Gasteiger partial charge is 0.463 e. The number of hydrogen-bond acceptors (Lipinski definition) is 7. The number of fused-ring (bicyclic) bond motifs is 1. The molecule has 3 aliphatic heterocycles. The van der Waals surface area contributed by atoms with Crippen LogP contribution in [-0.4, -0.2) is 52.8 Å². The predicted octanol–water partition coefficient (Wildman–Crippen LogP) is 6.20. The number of ether oxygens (including phenoxy) is 4. The zero-order valence-corrected chi connectivity index (χ0v) is 24.9. The van der Waals surface area contributed by atoms with E-state index in [1.165, 1.54) is 18.2 Å². The summed E-state index contributed by atoms with van der Waals surface area (Å²) in [6, 6.07) is 10.3. The second kappa shape index (κ2) is 12.3. The smallest absolute Gasteiger partial charge is 0.330 e. The van der Waals surface area contributed by atoms with E-state index in [0.717, 1.165) is 37.9 Å². The third-order valence-corrected chi connectivity index (χ3v) is 8.54. The molecule has 2 atom stereocenters. The third-order valence-electron chi connectivity index (χ3n) is 8.31. The molecule has 228 valence electrons. The molecule has 0 unspecified atom stereocenters. The number of rotatable bonds is 9. The van der Waals surface area contributed by atoms with Gasteiger partial charge in [-0.3, -0.25) is 4.90 Å². The number of benzene rings is 2. The first-order valence-electron chi connectivity index (χ1n) is 14.6. The number of likely N-dealkylation sites (tertiary alicyclic amines) is 1. The van der Waals surface area contributed by atoms with Gasteiger partial charge in [-0.1, -0.05) is 23.7 Å². The normalized spacial score (nSPS) is 22.2. The highest BCUT2D eigenvalue weighted by atomic mass is 35.5. The van der Waals surface area contributed by atoms with E-state index in [2.05, 4.69) is 9.88 Å². The predicted molar refractivity (Wildman–Crippen MR) is 156 cm³/mol. The average molecular weight is 614 g/mol. The highest BCUT2D eigenvalue weighted by Crippen LogP contribution is 2.49. The van der Waals surface area contributed by atoms with Gasteiger partial charge in [0, 0.05) is 30.2 Å². The summed E-state index contributed by atoms with van der Waals surface area (Å²) in [4.78, 5) is 18.4. The van der Waals surface area contributed by atoms with Crippen molar-refractivity contribution in [2.24, 2.45) is 0 Å². The number of hydrogen-bond donors (Lipinski definition) is 0. The summed E-state index contributed by atoms with van der Waals surface area (Å²) in [7, 11) is 0. The van der Waals surface area contributed by atoms with Gasteiger partial charge in [0.25, 0.3) is 5.79 Å². The average Bonchev–Trinajstić information content (AvgIpc) is 3.45. The Morgan fingerprint density at radius 3 is 2.67 bits per heavy atom. The second-order valence-corrected chi connectivity index (χ2v) is 11.6. The van der Waals surface area contributed by atoms with Crippen molar-refractivity contribution in [1.29, 1.82) is 0 Å². The highest BCUT2D eigenvalue weighted by Gasteiger charge is 2.43. The van der Waals surface area contributed by atoms with Crippen LogP contribution in [0.1, 0.15) is 61.7 Å². The molecule has 43 heavy (non-hydrogen) atoms. The zero-order chi connectivity index (χ0) is 30.1. The molecule has 3 aromatic rings. The molecule has 6 rings (SSSR count). The van der Waals surface area contributed by atoms with Gasteiger partial charge < -0.3 is 23.5 Å². The van der Waals surface area contributed by atoms with Gasteiger partial charge in [-0.05, 0) is 75.5 Å². The molecule has 2 aromatic carbocycles. The molecule has 0 aliphatic carbocycles. The fourth-order valence-corrected chi connectivity index (χ4v) is 6.13. The maximum atomic E-state index is 15.0. The van der Waals surface area contributed by atoms with Crippen molar-refractivity contribution in [3.05, 3.63) is 81.9 Å². The Morgan fingerprint density at radius 2 is 1.98 bits per heavy atom. The Morgan fingerprint density at radius 1 is 1.19 bits per heavy atom. The van der Waals surface area contributed by atoms with Crippen LogP contribution in [0.25, 0.3) is 6.08 Å². The molecule has 0 spiro atoms. The molecule has 0 saturated carbocycles. The van der Waals surface area contributed by atoms with Crippen LogP contribution in [0, 0.1) is 11.8 Å². The van der Waals surface area contributed by atoms with Crippen molar-refractivity contribution < 1.29 is 32.5 Å². The first-order chi connectivity index (χ1) is 20.7. The summed E-state index contributed by atoms with van der Waals surface area (Å²) in [5, 5.41) is 0.304. The van der Waals surface area contributed by atoms with Crippen molar-refractivity contribution in [1.82, 2.24) is 14.5 Å². The van der Waals surface area contributed by atoms with Crippen LogP contribution in [0.2, 0.25) is 5.02 Å². The fourth-order valence-electron chi connectivity index (χ4n) is 5.97. The summed E-state index contributed by atoms with van der Waals surface area (Å²) in [5.74, 6) is -0.942. The minimum absolute atomic E-state index is 0.0118. The topological polar surface area (TPSA) is 75.0 Å². The molecular formula is C32H34ClF2N3O5. The van der Waals surface area contributed by atoms with Crippen molar-refractivity contribution >= 4 is 23.6 Å². The van der Waals surface area contributed by atoms with Crippen molar-refractivity contribution in [3.8, 4) is 11.5 Å². The van der Waals surface area contributed by atoms with Crippen LogP contribution in [-0.2, 0) is 33.1 Å². The number of halogens is 3. The lowest BCUT2D eigenvalue weighted by molar-refractivity contribution is -0.137. The SMILES string of the molecule is CCOC(=O)/C=C/c1c(F)nc(CN2CCC(c3cccc4c3O[C@@](C)(c3ccc(Cl)cc3F)O4)CC2)n1C[C@@H]1CCO1. The Hall–Kier alpha value is -3.47. The van der Waals surface area contributed by atoms with E-state index >= 15 is 4.39 Å². The number of esters is 1. The molecule has 0 N–H and O–H groups in total. The summed E-state index contributed by atoms with van der Waals surface area (Å²) in [6.07, 6.45) is 5.22. The van der Waals surface area contributed by atoms with Gasteiger partial charge in [0.1, 0.15) is 11.6 Å². The van der Waals surface area contributed by atoms with Crippen LogP contribution < -0.4 is 9.47 Å². The Balaban J connectivity index is 1.15. The Labute approximate surface area is 254 Å². The van der Waals surface area contributed by atoms with Gasteiger partial charge >= 0.3 is 5.97 Å². The number of carbonyl (C=O) groups excluding carboxylic acids is 1. The van der Waals surface area contributed by atoms with E-state index in [0.29, 0.717) is 42.0 Å². The molecule has 4 heterocycles. The van der Waals surface area contributed by atoms with E-state index < -0.39 is 23.5 Å². The molecule has 2 fully saturated rings. The van der Waals surface area contributed by atoms with E-state index in [1.807, 2.05) is 22.8 Å². The van der Waals surface area contributed by atoms with Crippen LogP contribution in [0.4, 0.5) is 8.78 Å². The van der Waals surface area contributed by atoms with E-state index in [1.54, 1.807) is 26.0 Å². The van der Waals surface area contributed by atoms with Gasteiger partial charge in [0.05, 0.1) is 37.1 Å². The monoisotopic (exact) mass is 613 g/mol. The fraction of sp³-hybridized carbons (Fsp3) is 0.438. The number of aromatic nitrogens is 2. The molecule has 2 saturated heterocycles. The van der Waals surface area contributed by atoms with Crippen LogP contribution in [0.15, 0.2) is 42.5 Å². The van der Waals surface area contributed by atoms with Gasteiger partial charge in [-0.15, -0.1) is 0 Å². The van der Waals surface area contributed by atoms with E-state index in [9.17, 15) is 9.18 Å². The molecule has 1 aromatic heterocycles. The highest BCUT2D eigenvalue weighted by molar-refractivity contribution is 6.30. The molecule has 0 amide bonds. The number of piperidine rings is 1. The lowest BCUT2D eigenvalue weighted by atomic mass is 9.88. The number of imidazole rings is 1. The first-order valence-corrected chi connectivity index (χ1v) is 15.0. The Bertz CT molecular complexity index is 1530. The van der Waals surface area contributed by atoms with Crippen LogP contribution in [0.3, 0.4) is 0 Å². The number of para-hydroxylation sites is 1. The first kappa shape index (κ1) is 29.6. The number of carbonyl (C=O) groups is 1. The molecule has 8 nitrogen and oxygen atoms in total. The number of nitrogens with zero attached hydrogens (tertiary/aromatic N) is 3. The molecule has 0 radical (unpaired) electrons. The summed E-state index contributed by atoms with van der Waals surface area (Å²) in [6.45, 7) is 6.81. The molecular weight excluding hydrogens is 580 g/mol. The second-order valence-electron chi connectivity index (χ2n) is 11.2. The van der Waals surface area contributed by atoms with Crippen molar-refractivity contribution in [3.63, 3.8) is 0 Å². The summed E-state index contributed by atoms with van der Waals surface area (Å²) in [5.41, 5.74) is 1.54. The minimum Gasteiger partial charge on any atom is -0.463 e. The zero-order valence-electron chi connectivity index (χ0n) is 24.2. The molecule has 3 aliphatic rings. The van der Waals surface area contributed by atoms with Crippen LogP contribution >= 0.6 is 11.6 Å². The lowest BCUT2D eigenvalue weighted by Gasteiger charge is -2.33. The van der Waals surface area contributed by atoms with E-state index in [-0.39, 0.29) is 29.9 Å². The van der Waals surface area contributed by atoms with E-state index in [4.69, 9.17) is 30.5 Å². The summed E-state index contributed by atoms with van der Waals surface area (Å²) < 4.78 is 54.7. The quantitative estimate of drug-likeness (QED) is 0.210. The van der Waals surface area contributed by atoms with Gasteiger partial charge in [-0.25, -0.2) is 14.2 Å². The standard InChI is InChI=1S/C32H34ClF2N3O5/c1-3-40-29(39)10-9-26-31(35)36-28(38(26)18-22-13-16-41-22)19-37-14-11-20(12-15-37)23-5-4-6-27-30(23)43-32(2,42-27)24-8-7-21(33)17-25(24)34/h4-10,17,20,22H,3,11-16,18-19H2,1-2H3/b10-9+/t22-,32-/m0/s1. The van der Waals surface area contributed by atoms with Gasteiger partial charge in [-0.2, -0.15) is 4.39 Å². The Kier molecular flexibility index (Phi) is 8.44. The molecule has 11 heteroatoms. The maximum Gasteiger partial charge on any atom is 0.330 e.